The van der Waals surface area contributed by atoms with Gasteiger partial charge in [0.1, 0.15) is 5.75 Å². The molecule has 2 N–H and O–H groups in total. The summed E-state index contributed by atoms with van der Waals surface area (Å²) in [6.45, 7) is 0.492. The molecule has 0 bridgehead atoms. The monoisotopic (exact) mass is 244 g/mol. The molecule has 0 atom stereocenters. The van der Waals surface area contributed by atoms with Gasteiger partial charge in [-0.05, 0) is 17.7 Å². The first kappa shape index (κ1) is 11.2. The lowest BCUT2D eigenvalue weighted by Gasteiger charge is -2.19. The molecule has 88 valence electrons. The van der Waals surface area contributed by atoms with Gasteiger partial charge < -0.3 is 9.57 Å². The van der Waals surface area contributed by atoms with E-state index in [-0.39, 0.29) is 5.94 Å². The van der Waals surface area contributed by atoms with Gasteiger partial charge in [0.25, 0.3) is 10.0 Å². The molecule has 16 heavy (non-hydrogen) atoms. The van der Waals surface area contributed by atoms with Crippen LogP contribution in [0.25, 0.3) is 0 Å². The second-order valence-electron chi connectivity index (χ2n) is 3.33. The average molecular weight is 244 g/mol. The third kappa shape index (κ3) is 2.43. The van der Waals surface area contributed by atoms with Gasteiger partial charge >= 0.3 is 0 Å². The maximum atomic E-state index is 11.3. The fourth-order valence-corrected chi connectivity index (χ4v) is 2.22. The number of ether oxygens (including phenoxy) is 1. The zero-order chi connectivity index (χ0) is 11.6. The minimum atomic E-state index is -3.36. The predicted molar refractivity (Wildman–Crippen MR) is 58.3 cm³/mol. The van der Waals surface area contributed by atoms with E-state index in [0.717, 1.165) is 5.56 Å². The number of nitrogens with one attached hydrogen (secondary N) is 2. The molecule has 0 spiro atoms. The lowest BCUT2D eigenvalue weighted by atomic mass is 10.2. The van der Waals surface area contributed by atoms with Gasteiger partial charge in [-0.2, -0.15) is 5.48 Å². The van der Waals surface area contributed by atoms with Crippen LogP contribution in [0.4, 0.5) is 5.69 Å². The molecule has 0 aliphatic carbocycles. The SMILES string of the molecule is CONCc1ccc2c(c1)NS(=O)(=O)CO2. The zero-order valence-electron chi connectivity index (χ0n) is 8.69. The molecule has 0 saturated heterocycles. The fraction of sp³-hybridized carbons (Fsp3) is 0.333. The van der Waals surface area contributed by atoms with E-state index in [9.17, 15) is 8.42 Å². The summed E-state index contributed by atoms with van der Waals surface area (Å²) in [4.78, 5) is 4.71. The smallest absolute Gasteiger partial charge is 0.268 e. The van der Waals surface area contributed by atoms with Crippen molar-refractivity contribution in [2.75, 3.05) is 17.8 Å². The third-order valence-electron chi connectivity index (χ3n) is 2.10. The van der Waals surface area contributed by atoms with Crippen molar-refractivity contribution in [2.45, 2.75) is 6.54 Å². The van der Waals surface area contributed by atoms with Crippen LogP contribution < -0.4 is 14.9 Å². The van der Waals surface area contributed by atoms with Gasteiger partial charge in [-0.3, -0.25) is 4.72 Å². The van der Waals surface area contributed by atoms with Crippen molar-refractivity contribution >= 4 is 15.7 Å². The number of sulfonamides is 1. The average Bonchev–Trinajstić information content (AvgIpc) is 2.24. The summed E-state index contributed by atoms with van der Waals surface area (Å²) in [5.41, 5.74) is 4.03. The molecule has 0 amide bonds. The van der Waals surface area contributed by atoms with Crippen LogP contribution in [0.5, 0.6) is 5.75 Å². The maximum Gasteiger partial charge on any atom is 0.268 e. The van der Waals surface area contributed by atoms with Gasteiger partial charge in [0.15, 0.2) is 0 Å². The van der Waals surface area contributed by atoms with Gasteiger partial charge in [-0.15, -0.1) is 0 Å². The Morgan fingerprint density at radius 1 is 1.56 bits per heavy atom. The Morgan fingerprint density at radius 3 is 3.12 bits per heavy atom. The van der Waals surface area contributed by atoms with Crippen molar-refractivity contribution in [3.63, 3.8) is 0 Å². The number of benzene rings is 1. The largest absolute Gasteiger partial charge is 0.474 e. The molecule has 1 aliphatic rings. The summed E-state index contributed by atoms with van der Waals surface area (Å²) in [7, 11) is -1.84. The van der Waals surface area contributed by atoms with E-state index < -0.39 is 10.0 Å². The van der Waals surface area contributed by atoms with Gasteiger partial charge in [0, 0.05) is 6.54 Å². The van der Waals surface area contributed by atoms with E-state index in [1.165, 1.54) is 7.11 Å². The number of hydroxylamine groups is 1. The third-order valence-corrected chi connectivity index (χ3v) is 3.06. The summed E-state index contributed by atoms with van der Waals surface area (Å²) in [5.74, 6) is 0.200. The molecule has 1 aliphatic heterocycles. The Bertz CT molecular complexity index is 486. The van der Waals surface area contributed by atoms with E-state index in [2.05, 4.69) is 10.2 Å². The molecule has 2 rings (SSSR count). The maximum absolute atomic E-state index is 11.3. The van der Waals surface area contributed by atoms with Crippen molar-refractivity contribution < 1.29 is 18.0 Å². The minimum Gasteiger partial charge on any atom is -0.474 e. The highest BCUT2D eigenvalue weighted by Crippen LogP contribution is 2.30. The fourth-order valence-electron chi connectivity index (χ4n) is 1.39. The molecule has 0 unspecified atom stereocenters. The number of rotatable bonds is 3. The molecule has 0 saturated carbocycles. The molecule has 1 aromatic rings. The number of anilines is 1. The Morgan fingerprint density at radius 2 is 2.38 bits per heavy atom. The van der Waals surface area contributed by atoms with E-state index in [1.807, 2.05) is 6.07 Å². The van der Waals surface area contributed by atoms with E-state index in [0.29, 0.717) is 18.0 Å². The van der Waals surface area contributed by atoms with Crippen LogP contribution in [0.15, 0.2) is 18.2 Å². The van der Waals surface area contributed by atoms with Gasteiger partial charge in [-0.25, -0.2) is 8.42 Å². The summed E-state index contributed by atoms with van der Waals surface area (Å²) in [6, 6.07) is 5.27. The lowest BCUT2D eigenvalue weighted by molar-refractivity contribution is 0.0867. The van der Waals surface area contributed by atoms with Crippen LogP contribution in [-0.4, -0.2) is 21.5 Å². The minimum absolute atomic E-state index is 0.338. The van der Waals surface area contributed by atoms with Crippen molar-refractivity contribution in [1.82, 2.24) is 5.48 Å². The molecule has 7 heteroatoms. The van der Waals surface area contributed by atoms with Crippen LogP contribution in [0.3, 0.4) is 0 Å². The topological polar surface area (TPSA) is 76.7 Å². The highest BCUT2D eigenvalue weighted by molar-refractivity contribution is 7.92. The summed E-state index contributed by atoms with van der Waals surface area (Å²) < 4.78 is 30.1. The predicted octanol–water partition coefficient (Wildman–Crippen LogP) is 0.429. The summed E-state index contributed by atoms with van der Waals surface area (Å²) in [5, 5.41) is 0. The first-order chi connectivity index (χ1) is 7.61. The first-order valence-electron chi connectivity index (χ1n) is 4.63. The molecule has 1 heterocycles. The van der Waals surface area contributed by atoms with E-state index in [4.69, 9.17) is 9.57 Å². The van der Waals surface area contributed by atoms with Crippen molar-refractivity contribution in [3.8, 4) is 5.75 Å². The normalized spacial score (nSPS) is 17.1. The van der Waals surface area contributed by atoms with Crippen LogP contribution in [0, 0.1) is 0 Å². The van der Waals surface area contributed by atoms with E-state index >= 15 is 0 Å². The lowest BCUT2D eigenvalue weighted by Crippen LogP contribution is -2.25. The van der Waals surface area contributed by atoms with Crippen molar-refractivity contribution in [1.29, 1.82) is 0 Å². The standard InChI is InChI=1S/C9H12N2O4S/c1-14-10-5-7-2-3-9-8(4-7)11-16(12,13)6-15-9/h2-4,10-11H,5-6H2,1H3. The molecule has 0 radical (unpaired) electrons. The highest BCUT2D eigenvalue weighted by Gasteiger charge is 2.21. The molecular formula is C9H12N2O4S. The van der Waals surface area contributed by atoms with Crippen LogP contribution in [-0.2, 0) is 21.4 Å². The Labute approximate surface area is 93.6 Å². The van der Waals surface area contributed by atoms with Gasteiger partial charge in [0.05, 0.1) is 12.8 Å². The van der Waals surface area contributed by atoms with Crippen molar-refractivity contribution in [3.05, 3.63) is 23.8 Å². The van der Waals surface area contributed by atoms with Crippen LogP contribution in [0.2, 0.25) is 0 Å². The summed E-state index contributed by atoms with van der Waals surface area (Å²) >= 11 is 0. The zero-order valence-corrected chi connectivity index (χ0v) is 9.50. The Kier molecular flexibility index (Phi) is 2.99. The highest BCUT2D eigenvalue weighted by atomic mass is 32.2. The summed E-state index contributed by atoms with van der Waals surface area (Å²) in [6.07, 6.45) is 0. The van der Waals surface area contributed by atoms with Gasteiger partial charge in [0.2, 0.25) is 5.94 Å². The molecule has 0 aromatic heterocycles. The molecule has 1 aromatic carbocycles. The first-order valence-corrected chi connectivity index (χ1v) is 6.28. The molecule has 6 nitrogen and oxygen atoms in total. The molecular weight excluding hydrogens is 232 g/mol. The second kappa shape index (κ2) is 4.28. The van der Waals surface area contributed by atoms with E-state index in [1.54, 1.807) is 12.1 Å². The van der Waals surface area contributed by atoms with Gasteiger partial charge in [-0.1, -0.05) is 6.07 Å². The number of hydrogen-bond donors (Lipinski definition) is 2. The number of fused-ring (bicyclic) bond motifs is 1. The quantitative estimate of drug-likeness (QED) is 0.754. The Hall–Kier alpha value is -1.31. The second-order valence-corrected chi connectivity index (χ2v) is 5.00. The Balaban J connectivity index is 2.24. The number of hydrogen-bond acceptors (Lipinski definition) is 5. The van der Waals surface area contributed by atoms with Crippen LogP contribution >= 0.6 is 0 Å². The van der Waals surface area contributed by atoms with Crippen molar-refractivity contribution in [2.24, 2.45) is 0 Å². The molecule has 0 fully saturated rings. The van der Waals surface area contributed by atoms with Crippen LogP contribution in [0.1, 0.15) is 5.56 Å².